The molecule has 0 bridgehead atoms. The minimum Gasteiger partial charge on any atom is -0.396 e. The van der Waals surface area contributed by atoms with Crippen molar-refractivity contribution in [2.24, 2.45) is 5.92 Å². The van der Waals surface area contributed by atoms with E-state index in [1.54, 1.807) is 0 Å². The van der Waals surface area contributed by atoms with Gasteiger partial charge in [-0.25, -0.2) is 0 Å². The maximum atomic E-state index is 9.36. The lowest BCUT2D eigenvalue weighted by Crippen LogP contribution is -2.23. The summed E-state index contributed by atoms with van der Waals surface area (Å²) >= 11 is 0. The number of benzene rings is 1. The van der Waals surface area contributed by atoms with Crippen LogP contribution >= 0.6 is 0 Å². The molecule has 0 amide bonds. The number of anilines is 1. The standard InChI is InChI=1S/C16H23N3O/c1-12(2)18-9-13-3-4-16(15(7-13)8-17)19-6-5-14(10-19)11-20/h3-4,7,12,14,18,20H,5-6,9-11H2,1-2H3. The van der Waals surface area contributed by atoms with E-state index < -0.39 is 0 Å². The van der Waals surface area contributed by atoms with Gasteiger partial charge in [-0.2, -0.15) is 5.26 Å². The summed E-state index contributed by atoms with van der Waals surface area (Å²) in [5.41, 5.74) is 2.86. The van der Waals surface area contributed by atoms with Crippen LogP contribution in [-0.4, -0.2) is 30.8 Å². The molecular formula is C16H23N3O. The lowest BCUT2D eigenvalue weighted by Gasteiger charge is -2.20. The van der Waals surface area contributed by atoms with Crippen LogP contribution in [0.4, 0.5) is 5.69 Å². The molecule has 1 heterocycles. The van der Waals surface area contributed by atoms with Crippen LogP contribution in [0.3, 0.4) is 0 Å². The van der Waals surface area contributed by atoms with E-state index in [-0.39, 0.29) is 6.61 Å². The van der Waals surface area contributed by atoms with Crippen LogP contribution in [0.25, 0.3) is 0 Å². The molecule has 108 valence electrons. The van der Waals surface area contributed by atoms with E-state index in [1.807, 2.05) is 12.1 Å². The van der Waals surface area contributed by atoms with Crippen molar-refractivity contribution in [3.8, 4) is 6.07 Å². The molecule has 0 saturated carbocycles. The second-order valence-electron chi connectivity index (χ2n) is 5.78. The van der Waals surface area contributed by atoms with Gasteiger partial charge < -0.3 is 15.3 Å². The quantitative estimate of drug-likeness (QED) is 0.860. The number of hydrogen-bond acceptors (Lipinski definition) is 4. The van der Waals surface area contributed by atoms with Gasteiger partial charge in [0.05, 0.1) is 11.3 Å². The minimum absolute atomic E-state index is 0.231. The normalized spacial score (nSPS) is 18.6. The van der Waals surface area contributed by atoms with Crippen LogP contribution in [0.2, 0.25) is 0 Å². The first-order valence-electron chi connectivity index (χ1n) is 7.26. The monoisotopic (exact) mass is 273 g/mol. The van der Waals surface area contributed by atoms with E-state index in [1.165, 1.54) is 0 Å². The molecule has 1 aliphatic heterocycles. The SMILES string of the molecule is CC(C)NCc1ccc(N2CCC(CO)C2)c(C#N)c1. The number of nitrogens with one attached hydrogen (secondary N) is 1. The first-order valence-corrected chi connectivity index (χ1v) is 7.26. The zero-order valence-corrected chi connectivity index (χ0v) is 12.3. The second kappa shape index (κ2) is 6.74. The topological polar surface area (TPSA) is 59.3 Å². The lowest BCUT2D eigenvalue weighted by molar-refractivity contribution is 0.238. The fourth-order valence-electron chi connectivity index (χ4n) is 2.58. The van der Waals surface area contributed by atoms with Crippen LogP contribution in [0, 0.1) is 17.2 Å². The summed E-state index contributed by atoms with van der Waals surface area (Å²) in [6.45, 7) is 7.00. The molecule has 0 radical (unpaired) electrons. The smallest absolute Gasteiger partial charge is 0.101 e. The van der Waals surface area contributed by atoms with E-state index in [0.717, 1.165) is 42.9 Å². The minimum atomic E-state index is 0.231. The Morgan fingerprint density at radius 1 is 1.50 bits per heavy atom. The first kappa shape index (κ1) is 14.8. The molecule has 1 aromatic carbocycles. The molecule has 4 nitrogen and oxygen atoms in total. The number of nitriles is 1. The molecule has 1 fully saturated rings. The van der Waals surface area contributed by atoms with Crippen LogP contribution in [0.15, 0.2) is 18.2 Å². The van der Waals surface area contributed by atoms with Gasteiger partial charge in [-0.05, 0) is 24.1 Å². The Balaban J connectivity index is 2.12. The molecule has 1 aromatic rings. The van der Waals surface area contributed by atoms with Crippen LogP contribution in [0.1, 0.15) is 31.4 Å². The zero-order chi connectivity index (χ0) is 14.5. The third-order valence-electron chi connectivity index (χ3n) is 3.78. The lowest BCUT2D eigenvalue weighted by atomic mass is 10.1. The predicted octanol–water partition coefficient (Wildman–Crippen LogP) is 1.87. The largest absolute Gasteiger partial charge is 0.396 e. The van der Waals surface area contributed by atoms with Gasteiger partial charge in [0.15, 0.2) is 0 Å². The molecule has 0 spiro atoms. The summed E-state index contributed by atoms with van der Waals surface area (Å²) in [6, 6.07) is 8.82. The second-order valence-corrected chi connectivity index (χ2v) is 5.78. The molecular weight excluding hydrogens is 250 g/mol. The number of aliphatic hydroxyl groups is 1. The van der Waals surface area contributed by atoms with Crippen molar-refractivity contribution in [3.05, 3.63) is 29.3 Å². The number of aliphatic hydroxyl groups excluding tert-OH is 1. The average Bonchev–Trinajstić information content (AvgIpc) is 2.93. The molecule has 2 rings (SSSR count). The third-order valence-corrected chi connectivity index (χ3v) is 3.78. The van der Waals surface area contributed by atoms with Crippen LogP contribution in [-0.2, 0) is 6.54 Å². The zero-order valence-electron chi connectivity index (χ0n) is 12.3. The Morgan fingerprint density at radius 3 is 2.90 bits per heavy atom. The van der Waals surface area contributed by atoms with Crippen molar-refractivity contribution < 1.29 is 5.11 Å². The van der Waals surface area contributed by atoms with Crippen LogP contribution in [0.5, 0.6) is 0 Å². The predicted molar refractivity (Wildman–Crippen MR) is 80.5 cm³/mol. The van der Waals surface area contributed by atoms with Gasteiger partial charge in [-0.3, -0.25) is 0 Å². The van der Waals surface area contributed by atoms with Crippen molar-refractivity contribution in [2.75, 3.05) is 24.6 Å². The molecule has 2 N–H and O–H groups in total. The highest BCUT2D eigenvalue weighted by molar-refractivity contribution is 5.61. The van der Waals surface area contributed by atoms with E-state index in [2.05, 4.69) is 36.2 Å². The molecule has 1 aliphatic rings. The first-order chi connectivity index (χ1) is 9.63. The molecule has 1 atom stereocenters. The Labute approximate surface area is 121 Å². The maximum absolute atomic E-state index is 9.36. The highest BCUT2D eigenvalue weighted by atomic mass is 16.3. The fourth-order valence-corrected chi connectivity index (χ4v) is 2.58. The van der Waals surface area contributed by atoms with Gasteiger partial charge in [0.1, 0.15) is 6.07 Å². The average molecular weight is 273 g/mol. The fraction of sp³-hybridized carbons (Fsp3) is 0.562. The van der Waals surface area contributed by atoms with E-state index in [9.17, 15) is 10.4 Å². The Morgan fingerprint density at radius 2 is 2.30 bits per heavy atom. The summed E-state index contributed by atoms with van der Waals surface area (Å²) < 4.78 is 0. The van der Waals surface area contributed by atoms with E-state index in [4.69, 9.17) is 0 Å². The third kappa shape index (κ3) is 3.50. The summed E-state index contributed by atoms with van der Waals surface area (Å²) in [6.07, 6.45) is 0.998. The van der Waals surface area contributed by atoms with Gasteiger partial charge in [0.25, 0.3) is 0 Å². The molecule has 20 heavy (non-hydrogen) atoms. The molecule has 1 unspecified atom stereocenters. The van der Waals surface area contributed by atoms with E-state index in [0.29, 0.717) is 12.0 Å². The molecule has 0 aromatic heterocycles. The van der Waals surface area contributed by atoms with Crippen molar-refractivity contribution in [1.82, 2.24) is 5.32 Å². The highest BCUT2D eigenvalue weighted by Crippen LogP contribution is 2.27. The number of hydrogen-bond donors (Lipinski definition) is 2. The number of rotatable bonds is 5. The summed E-state index contributed by atoms with van der Waals surface area (Å²) in [7, 11) is 0. The van der Waals surface area contributed by atoms with Crippen molar-refractivity contribution >= 4 is 5.69 Å². The Hall–Kier alpha value is -1.57. The van der Waals surface area contributed by atoms with Gasteiger partial charge in [0.2, 0.25) is 0 Å². The van der Waals surface area contributed by atoms with Gasteiger partial charge in [-0.15, -0.1) is 0 Å². The Kier molecular flexibility index (Phi) is 4.99. The Bertz CT molecular complexity index is 493. The van der Waals surface area contributed by atoms with Gasteiger partial charge >= 0.3 is 0 Å². The van der Waals surface area contributed by atoms with E-state index >= 15 is 0 Å². The molecule has 1 saturated heterocycles. The molecule has 4 heteroatoms. The number of nitrogens with zero attached hydrogens (tertiary/aromatic N) is 2. The highest BCUT2D eigenvalue weighted by Gasteiger charge is 2.23. The van der Waals surface area contributed by atoms with Crippen molar-refractivity contribution in [1.29, 1.82) is 5.26 Å². The maximum Gasteiger partial charge on any atom is 0.101 e. The van der Waals surface area contributed by atoms with Crippen LogP contribution < -0.4 is 10.2 Å². The van der Waals surface area contributed by atoms with Gasteiger partial charge in [-0.1, -0.05) is 19.9 Å². The molecule has 0 aliphatic carbocycles. The summed E-state index contributed by atoms with van der Waals surface area (Å²) in [5, 5.41) is 21.9. The van der Waals surface area contributed by atoms with Gasteiger partial charge in [0, 0.05) is 38.2 Å². The van der Waals surface area contributed by atoms with Crippen molar-refractivity contribution in [3.63, 3.8) is 0 Å². The summed E-state index contributed by atoms with van der Waals surface area (Å²) in [5.74, 6) is 0.337. The summed E-state index contributed by atoms with van der Waals surface area (Å²) in [4.78, 5) is 2.21. The van der Waals surface area contributed by atoms with Crippen molar-refractivity contribution in [2.45, 2.75) is 32.9 Å².